The number of benzene rings is 2. The molecular formula is C20H17IN2O3S2. The quantitative estimate of drug-likeness (QED) is 0.255. The van der Waals surface area contributed by atoms with Crippen molar-refractivity contribution in [2.24, 2.45) is 0 Å². The highest BCUT2D eigenvalue weighted by molar-refractivity contribution is 14.1. The minimum absolute atomic E-state index is 0.121. The summed E-state index contributed by atoms with van der Waals surface area (Å²) in [4.78, 5) is 26.5. The van der Waals surface area contributed by atoms with Crippen LogP contribution in [0, 0.1) is 3.57 Å². The van der Waals surface area contributed by atoms with Crippen LogP contribution in [0.4, 0.5) is 5.69 Å². The fraction of sp³-hybridized carbons (Fsp3) is 0.150. The monoisotopic (exact) mass is 524 g/mol. The predicted octanol–water partition coefficient (Wildman–Crippen LogP) is 4.74. The summed E-state index contributed by atoms with van der Waals surface area (Å²) in [6.07, 6.45) is 1.85. The first kappa shape index (κ1) is 20.8. The summed E-state index contributed by atoms with van der Waals surface area (Å²) >= 11 is 8.89. The van der Waals surface area contributed by atoms with Crippen molar-refractivity contribution in [2.45, 2.75) is 6.92 Å². The van der Waals surface area contributed by atoms with Gasteiger partial charge in [-0.1, -0.05) is 36.1 Å². The molecule has 3 rings (SSSR count). The second-order valence-electron chi connectivity index (χ2n) is 5.79. The number of halogens is 1. The van der Waals surface area contributed by atoms with Gasteiger partial charge in [0, 0.05) is 9.26 Å². The topological polar surface area (TPSA) is 58.6 Å². The molecule has 2 aromatic rings. The molecule has 1 heterocycles. The molecule has 0 unspecified atom stereocenters. The molecule has 2 aromatic carbocycles. The Hall–Kier alpha value is -1.91. The molecule has 1 amide bonds. The summed E-state index contributed by atoms with van der Waals surface area (Å²) in [5.74, 6) is -0.476. The maximum atomic E-state index is 12.7. The lowest BCUT2D eigenvalue weighted by Crippen LogP contribution is -2.33. The highest BCUT2D eigenvalue weighted by Gasteiger charge is 2.31. The zero-order valence-corrected chi connectivity index (χ0v) is 18.8. The summed E-state index contributed by atoms with van der Waals surface area (Å²) in [6, 6.07) is 14.8. The molecule has 144 valence electrons. The second kappa shape index (κ2) is 9.53. The highest BCUT2D eigenvalue weighted by Crippen LogP contribution is 2.32. The van der Waals surface area contributed by atoms with Crippen molar-refractivity contribution in [1.82, 2.24) is 4.90 Å². The van der Waals surface area contributed by atoms with Crippen LogP contribution < -0.4 is 5.32 Å². The van der Waals surface area contributed by atoms with E-state index in [9.17, 15) is 9.59 Å². The number of ether oxygens (including phenoxy) is 1. The molecule has 0 aromatic heterocycles. The Morgan fingerprint density at radius 3 is 2.54 bits per heavy atom. The lowest BCUT2D eigenvalue weighted by atomic mass is 10.2. The molecule has 1 N–H and O–H groups in total. The minimum atomic E-state index is -0.355. The van der Waals surface area contributed by atoms with E-state index >= 15 is 0 Å². The number of thiocarbonyl (C=S) groups is 1. The van der Waals surface area contributed by atoms with E-state index in [2.05, 4.69) is 27.9 Å². The molecule has 5 nitrogen and oxygen atoms in total. The highest BCUT2D eigenvalue weighted by atomic mass is 127. The van der Waals surface area contributed by atoms with Crippen LogP contribution in [0.15, 0.2) is 53.4 Å². The van der Waals surface area contributed by atoms with Crippen LogP contribution in [0.1, 0.15) is 22.8 Å². The zero-order chi connectivity index (χ0) is 20.1. The predicted molar refractivity (Wildman–Crippen MR) is 125 cm³/mol. The van der Waals surface area contributed by atoms with Crippen LogP contribution in [0.5, 0.6) is 0 Å². The maximum absolute atomic E-state index is 12.7. The Morgan fingerprint density at radius 1 is 1.21 bits per heavy atom. The maximum Gasteiger partial charge on any atom is 0.338 e. The van der Waals surface area contributed by atoms with Crippen molar-refractivity contribution in [2.75, 3.05) is 18.6 Å². The number of esters is 1. The number of nitrogens with one attached hydrogen (secondary N) is 1. The van der Waals surface area contributed by atoms with E-state index in [0.717, 1.165) is 14.8 Å². The standard InChI is InChI=1S/C20H17IN2O3S2/c1-2-26-19(25)14-5-9-16(10-6-14)22-12-23-18(24)17(28-20(23)27)11-13-3-7-15(21)8-4-13/h3-11,22H,2,12H2,1H3/b17-11-. The molecule has 1 aliphatic heterocycles. The number of anilines is 1. The molecule has 0 radical (unpaired) electrons. The van der Waals surface area contributed by atoms with E-state index < -0.39 is 0 Å². The van der Waals surface area contributed by atoms with Gasteiger partial charge >= 0.3 is 5.97 Å². The van der Waals surface area contributed by atoms with Gasteiger partial charge in [0.25, 0.3) is 5.91 Å². The summed E-state index contributed by atoms with van der Waals surface area (Å²) in [7, 11) is 0. The number of nitrogens with zero attached hydrogens (tertiary/aromatic N) is 1. The van der Waals surface area contributed by atoms with Crippen molar-refractivity contribution in [3.8, 4) is 0 Å². The molecule has 0 atom stereocenters. The smallest absolute Gasteiger partial charge is 0.338 e. The van der Waals surface area contributed by atoms with Gasteiger partial charge in [-0.2, -0.15) is 0 Å². The number of carbonyl (C=O) groups excluding carboxylic acids is 2. The molecule has 0 aliphatic carbocycles. The van der Waals surface area contributed by atoms with Crippen LogP contribution >= 0.6 is 46.6 Å². The van der Waals surface area contributed by atoms with Crippen LogP contribution in [-0.4, -0.2) is 34.4 Å². The van der Waals surface area contributed by atoms with Crippen LogP contribution in [-0.2, 0) is 9.53 Å². The van der Waals surface area contributed by atoms with E-state index in [1.54, 1.807) is 31.2 Å². The summed E-state index contributed by atoms with van der Waals surface area (Å²) in [6.45, 7) is 2.36. The third kappa shape index (κ3) is 5.12. The number of hydrogen-bond donors (Lipinski definition) is 1. The Balaban J connectivity index is 1.63. The average Bonchev–Trinajstić information content (AvgIpc) is 2.95. The first-order valence-corrected chi connectivity index (χ1v) is 10.8. The largest absolute Gasteiger partial charge is 0.462 e. The van der Waals surface area contributed by atoms with Crippen molar-refractivity contribution in [1.29, 1.82) is 0 Å². The van der Waals surface area contributed by atoms with Crippen LogP contribution in [0.25, 0.3) is 6.08 Å². The van der Waals surface area contributed by atoms with Gasteiger partial charge < -0.3 is 10.1 Å². The summed E-state index contributed by atoms with van der Waals surface area (Å²) < 4.78 is 6.62. The fourth-order valence-corrected chi connectivity index (χ4v) is 4.07. The average molecular weight is 524 g/mol. The number of thioether (sulfide) groups is 1. The normalized spacial score (nSPS) is 15.2. The van der Waals surface area contributed by atoms with Gasteiger partial charge in [-0.25, -0.2) is 4.79 Å². The molecule has 28 heavy (non-hydrogen) atoms. The number of rotatable bonds is 6. The SMILES string of the molecule is CCOC(=O)c1ccc(NCN2C(=O)/C(=C/c3ccc(I)cc3)SC2=S)cc1. The molecule has 0 bridgehead atoms. The van der Waals surface area contributed by atoms with E-state index in [1.165, 1.54) is 16.7 Å². The van der Waals surface area contributed by atoms with E-state index in [-0.39, 0.29) is 18.5 Å². The summed E-state index contributed by atoms with van der Waals surface area (Å²) in [5.41, 5.74) is 2.23. The Bertz CT molecular complexity index is 927. The Labute approximate surface area is 186 Å². The third-order valence-electron chi connectivity index (χ3n) is 3.88. The van der Waals surface area contributed by atoms with Crippen molar-refractivity contribution in [3.05, 3.63) is 68.1 Å². The zero-order valence-electron chi connectivity index (χ0n) is 15.0. The fourth-order valence-electron chi connectivity index (χ4n) is 2.46. The van der Waals surface area contributed by atoms with Gasteiger partial charge in [0.05, 0.1) is 23.7 Å². The van der Waals surface area contributed by atoms with Crippen molar-refractivity contribution < 1.29 is 14.3 Å². The van der Waals surface area contributed by atoms with Gasteiger partial charge in [-0.3, -0.25) is 9.69 Å². The van der Waals surface area contributed by atoms with Gasteiger partial charge in [0.1, 0.15) is 4.32 Å². The Morgan fingerprint density at radius 2 is 1.89 bits per heavy atom. The first-order valence-electron chi connectivity index (χ1n) is 8.50. The molecule has 1 saturated heterocycles. The molecule has 1 aliphatic rings. The third-order valence-corrected chi connectivity index (χ3v) is 5.98. The number of carbonyl (C=O) groups is 2. The molecular weight excluding hydrogens is 507 g/mol. The molecule has 0 saturated carbocycles. The first-order chi connectivity index (χ1) is 13.5. The second-order valence-corrected chi connectivity index (χ2v) is 8.72. The van der Waals surface area contributed by atoms with Gasteiger partial charge in [0.2, 0.25) is 0 Å². The lowest BCUT2D eigenvalue weighted by Gasteiger charge is -2.16. The lowest BCUT2D eigenvalue weighted by molar-refractivity contribution is -0.121. The van der Waals surface area contributed by atoms with Crippen molar-refractivity contribution in [3.63, 3.8) is 0 Å². The molecule has 8 heteroatoms. The summed E-state index contributed by atoms with van der Waals surface area (Å²) in [5, 5.41) is 3.16. The molecule has 0 spiro atoms. The van der Waals surface area contributed by atoms with Gasteiger partial charge in [0.15, 0.2) is 0 Å². The van der Waals surface area contributed by atoms with Crippen LogP contribution in [0.2, 0.25) is 0 Å². The van der Waals surface area contributed by atoms with E-state index in [4.69, 9.17) is 17.0 Å². The van der Waals surface area contributed by atoms with Gasteiger partial charge in [-0.15, -0.1) is 0 Å². The van der Waals surface area contributed by atoms with E-state index in [1.807, 2.05) is 30.3 Å². The van der Waals surface area contributed by atoms with E-state index in [0.29, 0.717) is 21.4 Å². The number of amides is 1. The van der Waals surface area contributed by atoms with Crippen LogP contribution in [0.3, 0.4) is 0 Å². The Kier molecular flexibility index (Phi) is 7.08. The minimum Gasteiger partial charge on any atom is -0.462 e. The molecule has 1 fully saturated rings. The van der Waals surface area contributed by atoms with Gasteiger partial charge in [-0.05, 0) is 77.6 Å². The van der Waals surface area contributed by atoms with Crippen molar-refractivity contribution >= 4 is 74.5 Å². The number of hydrogen-bond acceptors (Lipinski definition) is 6.